The SMILES string of the molecule is C.C.CC(C)c1cnn2c(NCc3ccc(Cl)cc3Cl)nc(S(C)(=O)=O)nc12.CC(C)c1cnn2c(OCc3ccccc3)nc(S(C)(=O)=O)nc12.CC(I)I.NCc1ccc(Cl)cc1Cl. The quantitative estimate of drug-likeness (QED) is 0.0916. The van der Waals surface area contributed by atoms with Crippen LogP contribution in [0.3, 0.4) is 0 Å². The van der Waals surface area contributed by atoms with Crippen molar-refractivity contribution in [2.75, 3.05) is 17.8 Å². The van der Waals surface area contributed by atoms with Crippen molar-refractivity contribution >= 4 is 129 Å². The molecule has 66 heavy (non-hydrogen) atoms. The van der Waals surface area contributed by atoms with Gasteiger partial charge in [-0.05, 0) is 59.7 Å². The molecule has 0 fully saturated rings. The lowest BCUT2D eigenvalue weighted by Gasteiger charge is -2.11. The van der Waals surface area contributed by atoms with Gasteiger partial charge in [0.15, 0.2) is 11.3 Å². The third-order valence-electron chi connectivity index (χ3n) is 8.53. The molecule has 23 heteroatoms. The molecule has 0 radical (unpaired) electrons. The van der Waals surface area contributed by atoms with Gasteiger partial charge in [-0.3, -0.25) is 0 Å². The third-order valence-corrected chi connectivity index (χ3v) is 11.4. The molecule has 0 aliphatic heterocycles. The van der Waals surface area contributed by atoms with Crippen molar-refractivity contribution in [3.8, 4) is 6.01 Å². The van der Waals surface area contributed by atoms with Gasteiger partial charge in [-0.1, -0.05) is 177 Å². The Morgan fingerprint density at radius 3 is 1.59 bits per heavy atom. The van der Waals surface area contributed by atoms with Crippen LogP contribution in [0.1, 0.15) is 89.1 Å². The van der Waals surface area contributed by atoms with Crippen molar-refractivity contribution in [2.45, 2.75) is 93.2 Å². The van der Waals surface area contributed by atoms with E-state index in [2.05, 4.69) is 87.6 Å². The molecule has 4 heterocycles. The summed E-state index contributed by atoms with van der Waals surface area (Å²) in [5.41, 5.74) is 10.6. The van der Waals surface area contributed by atoms with E-state index < -0.39 is 19.7 Å². The molecule has 7 rings (SSSR count). The van der Waals surface area contributed by atoms with Gasteiger partial charge in [0.2, 0.25) is 25.6 Å². The van der Waals surface area contributed by atoms with Crippen molar-refractivity contribution in [1.29, 1.82) is 0 Å². The number of aromatic nitrogens is 8. The first-order valence-corrected chi connectivity index (χ1v) is 27.0. The third kappa shape index (κ3) is 17.1. The molecule has 360 valence electrons. The fourth-order valence-electron chi connectivity index (χ4n) is 5.33. The van der Waals surface area contributed by atoms with Crippen molar-refractivity contribution in [2.24, 2.45) is 5.73 Å². The summed E-state index contributed by atoms with van der Waals surface area (Å²) < 4.78 is 57.2. The molecule has 0 aliphatic rings. The number of alkyl halides is 2. The van der Waals surface area contributed by atoms with Gasteiger partial charge < -0.3 is 15.8 Å². The van der Waals surface area contributed by atoms with E-state index in [0.29, 0.717) is 44.5 Å². The number of sulfone groups is 2. The van der Waals surface area contributed by atoms with E-state index in [1.807, 2.05) is 64.1 Å². The summed E-state index contributed by atoms with van der Waals surface area (Å²) in [7, 11) is -7.14. The van der Waals surface area contributed by atoms with Crippen LogP contribution in [0, 0.1) is 0 Å². The summed E-state index contributed by atoms with van der Waals surface area (Å²) in [4.78, 5) is 16.5. The molecule has 0 saturated heterocycles. The van der Waals surface area contributed by atoms with Crippen molar-refractivity contribution in [1.82, 2.24) is 39.2 Å². The number of fused-ring (bicyclic) bond motifs is 2. The van der Waals surface area contributed by atoms with Crippen molar-refractivity contribution in [3.05, 3.63) is 127 Å². The van der Waals surface area contributed by atoms with Gasteiger partial charge in [-0.15, -0.1) is 0 Å². The van der Waals surface area contributed by atoms with Crippen LogP contribution in [0.4, 0.5) is 5.95 Å². The van der Waals surface area contributed by atoms with Crippen molar-refractivity contribution in [3.63, 3.8) is 0 Å². The average Bonchev–Trinajstić information content (AvgIpc) is 3.85. The fourth-order valence-corrected chi connectivity index (χ4v) is 7.29. The molecule has 3 N–H and O–H groups in total. The number of rotatable bonds is 11. The van der Waals surface area contributed by atoms with Gasteiger partial charge in [0.25, 0.3) is 10.3 Å². The zero-order valence-corrected chi connectivity index (χ0v) is 44.6. The first kappa shape index (κ1) is 59.0. The highest BCUT2D eigenvalue weighted by molar-refractivity contribution is 14.2. The fraction of sp³-hybridized carbons (Fsp3) is 0.349. The Hall–Kier alpha value is -3.16. The van der Waals surface area contributed by atoms with Crippen LogP contribution in [0.5, 0.6) is 6.01 Å². The Morgan fingerprint density at radius 2 is 1.14 bits per heavy atom. The summed E-state index contributed by atoms with van der Waals surface area (Å²) in [6.45, 7) is 11.1. The first-order chi connectivity index (χ1) is 30.0. The van der Waals surface area contributed by atoms with E-state index in [-0.39, 0.29) is 55.6 Å². The Balaban J connectivity index is 0.000000345. The van der Waals surface area contributed by atoms with Gasteiger partial charge >= 0.3 is 6.01 Å². The summed E-state index contributed by atoms with van der Waals surface area (Å²) >= 11 is 28.2. The second-order valence-corrected chi connectivity index (χ2v) is 26.1. The molecule has 0 amide bonds. The van der Waals surface area contributed by atoms with E-state index in [9.17, 15) is 16.8 Å². The second kappa shape index (κ2) is 26.6. The van der Waals surface area contributed by atoms with Crippen LogP contribution >= 0.6 is 91.6 Å². The number of hydrogen-bond donors (Lipinski definition) is 2. The number of benzene rings is 3. The minimum atomic E-state index is -3.58. The standard InChI is InChI=1S/C16H17Cl2N5O2S.C16H18N4O3S.C7H7Cl2N.C2H4I2.2CH4/c1-9(2)12-8-20-23-14(12)21-16(26(3,24)25)22-15(23)19-7-10-4-5-11(17)6-13(10)18;1-11(2)13-9-17-20-14(13)18-15(24(3,21)22)19-16(20)23-10-12-7-5-4-6-8-12;8-6-2-1-5(4-10)7(9)3-6;1-2(3)4;;/h4-6,8-9H,7H2,1-3H3,(H,19,21,22);4-9,11H,10H2,1-3H3;1-3H,4,10H2;2H,1H3;2*1H4. The number of nitrogens with one attached hydrogen (secondary N) is 1. The Kier molecular flexibility index (Phi) is 23.7. The zero-order valence-electron chi connectivity index (χ0n) is 35.6. The zero-order chi connectivity index (χ0) is 47.5. The largest absolute Gasteiger partial charge is 0.458 e. The molecule has 0 saturated carbocycles. The monoisotopic (exact) mass is 1250 g/mol. The lowest BCUT2D eigenvalue weighted by molar-refractivity contribution is 0.268. The highest BCUT2D eigenvalue weighted by Crippen LogP contribution is 2.26. The lowest BCUT2D eigenvalue weighted by atomic mass is 10.1. The van der Waals surface area contributed by atoms with Crippen LogP contribution in [0.25, 0.3) is 11.3 Å². The molecule has 0 aliphatic carbocycles. The summed E-state index contributed by atoms with van der Waals surface area (Å²) in [5.74, 6) is 0.550. The predicted octanol–water partition coefficient (Wildman–Crippen LogP) is 11.7. The molecule has 7 aromatic rings. The molecule has 0 unspecified atom stereocenters. The maximum absolute atomic E-state index is 12.0. The number of anilines is 1. The number of hydrogen-bond acceptors (Lipinski definition) is 13. The maximum atomic E-state index is 12.0. The Labute approximate surface area is 435 Å². The van der Waals surface area contributed by atoms with Crippen LogP contribution in [-0.2, 0) is 39.4 Å². The van der Waals surface area contributed by atoms with Crippen LogP contribution in [0.2, 0.25) is 20.1 Å². The van der Waals surface area contributed by atoms with E-state index in [4.69, 9.17) is 56.9 Å². The highest BCUT2D eigenvalue weighted by atomic mass is 127. The highest BCUT2D eigenvalue weighted by Gasteiger charge is 2.22. The normalized spacial score (nSPS) is 11.2. The number of ether oxygens (including phenoxy) is 1. The summed E-state index contributed by atoms with van der Waals surface area (Å²) in [5, 5.41) is 13.4. The van der Waals surface area contributed by atoms with Crippen LogP contribution < -0.4 is 15.8 Å². The summed E-state index contributed by atoms with van der Waals surface area (Å²) in [6.07, 6.45) is 5.48. The van der Waals surface area contributed by atoms with Gasteiger partial charge in [-0.2, -0.15) is 39.2 Å². The molecular weight excluding hydrogens is 1200 g/mol. The van der Waals surface area contributed by atoms with E-state index >= 15 is 0 Å². The maximum Gasteiger partial charge on any atom is 0.322 e. The average molecular weight is 1250 g/mol. The molecule has 0 bridgehead atoms. The molecular formula is C43H54Cl4I2N10O5S2. The van der Waals surface area contributed by atoms with Crippen LogP contribution in [-0.4, -0.2) is 70.4 Å². The first-order valence-electron chi connectivity index (χ1n) is 19.2. The summed E-state index contributed by atoms with van der Waals surface area (Å²) in [6, 6.07) is 20.1. The molecule has 4 aromatic heterocycles. The smallest absolute Gasteiger partial charge is 0.322 e. The van der Waals surface area contributed by atoms with Gasteiger partial charge in [0.1, 0.15) is 6.61 Å². The molecule has 3 aromatic carbocycles. The predicted molar refractivity (Wildman–Crippen MR) is 286 cm³/mol. The Morgan fingerprint density at radius 1 is 0.682 bits per heavy atom. The molecule has 0 atom stereocenters. The van der Waals surface area contributed by atoms with Gasteiger partial charge in [0, 0.05) is 56.8 Å². The second-order valence-electron chi connectivity index (χ2n) is 14.5. The minimum Gasteiger partial charge on any atom is -0.458 e. The molecule has 0 spiro atoms. The minimum absolute atomic E-state index is 0. The van der Waals surface area contributed by atoms with Gasteiger partial charge in [-0.25, -0.2) is 16.8 Å². The van der Waals surface area contributed by atoms with Gasteiger partial charge in [0.05, 0.1) is 14.3 Å². The number of nitrogens with two attached hydrogens (primary N) is 1. The Bertz CT molecular complexity index is 2900. The number of nitrogens with zero attached hydrogens (tertiary/aromatic N) is 8. The number of halogens is 6. The van der Waals surface area contributed by atoms with E-state index in [1.165, 1.54) is 9.03 Å². The topological polar surface area (TPSA) is 202 Å². The van der Waals surface area contributed by atoms with E-state index in [0.717, 1.165) is 42.3 Å². The van der Waals surface area contributed by atoms with Crippen LogP contribution in [0.15, 0.2) is 89.4 Å². The molecule has 15 nitrogen and oxygen atoms in total. The lowest BCUT2D eigenvalue weighted by Crippen LogP contribution is -2.14. The van der Waals surface area contributed by atoms with Crippen molar-refractivity contribution < 1.29 is 21.6 Å². The van der Waals surface area contributed by atoms with E-state index in [1.54, 1.807) is 42.7 Å².